The molecule has 0 bridgehead atoms. The Kier molecular flexibility index (Phi) is 4.92. The molecule has 88 valence electrons. The molecule has 1 saturated heterocycles. The van der Waals surface area contributed by atoms with Crippen molar-refractivity contribution in [2.45, 2.75) is 52.0 Å². The average Bonchev–Trinajstić information content (AvgIpc) is 2.64. The van der Waals surface area contributed by atoms with Gasteiger partial charge in [0.05, 0.1) is 6.04 Å². The lowest BCUT2D eigenvalue weighted by Crippen LogP contribution is -2.36. The molecule has 0 spiro atoms. The van der Waals surface area contributed by atoms with Gasteiger partial charge in [0.1, 0.15) is 6.61 Å². The second kappa shape index (κ2) is 5.99. The number of nitrogens with zero attached hydrogens (tertiary/aromatic N) is 1. The summed E-state index contributed by atoms with van der Waals surface area (Å²) >= 11 is 0. The van der Waals surface area contributed by atoms with E-state index in [4.69, 9.17) is 4.74 Å². The molecule has 3 nitrogen and oxygen atoms in total. The summed E-state index contributed by atoms with van der Waals surface area (Å²) in [5, 5.41) is 0. The van der Waals surface area contributed by atoms with Crippen LogP contribution in [-0.4, -0.2) is 30.7 Å². The van der Waals surface area contributed by atoms with Crippen LogP contribution in [0.15, 0.2) is 0 Å². The van der Waals surface area contributed by atoms with E-state index in [1.807, 2.05) is 20.9 Å². The van der Waals surface area contributed by atoms with Crippen LogP contribution in [0.5, 0.6) is 0 Å². The van der Waals surface area contributed by atoms with Gasteiger partial charge in [-0.1, -0.05) is 33.1 Å². The maximum absolute atomic E-state index is 11.1. The molecule has 2 fully saturated rings. The van der Waals surface area contributed by atoms with E-state index < -0.39 is 0 Å². The number of carbonyl (C=O) groups is 1. The molecule has 1 amide bonds. The Morgan fingerprint density at radius 1 is 1.20 bits per heavy atom. The van der Waals surface area contributed by atoms with Crippen LogP contribution in [0, 0.1) is 5.92 Å². The number of likely N-dealkylation sites (N-methyl/N-ethyl adjacent to an activating group) is 1. The summed E-state index contributed by atoms with van der Waals surface area (Å²) in [5.74, 6) is 0.685. The maximum Gasteiger partial charge on any atom is 0.409 e. The van der Waals surface area contributed by atoms with E-state index in [1.165, 1.54) is 32.1 Å². The Balaban J connectivity index is 0.000000531. The van der Waals surface area contributed by atoms with Crippen molar-refractivity contribution in [3.05, 3.63) is 0 Å². The lowest BCUT2D eigenvalue weighted by Gasteiger charge is -2.29. The van der Waals surface area contributed by atoms with Crippen molar-refractivity contribution in [3.63, 3.8) is 0 Å². The fourth-order valence-corrected chi connectivity index (χ4v) is 2.48. The third kappa shape index (κ3) is 2.86. The summed E-state index contributed by atoms with van der Waals surface area (Å²) in [6.45, 7) is 4.61. The monoisotopic (exact) mass is 213 g/mol. The van der Waals surface area contributed by atoms with Gasteiger partial charge in [0.25, 0.3) is 0 Å². The number of hydrogen-bond acceptors (Lipinski definition) is 2. The van der Waals surface area contributed by atoms with Crippen molar-refractivity contribution < 1.29 is 9.53 Å². The first kappa shape index (κ1) is 12.3. The van der Waals surface area contributed by atoms with Gasteiger partial charge < -0.3 is 9.64 Å². The highest BCUT2D eigenvalue weighted by Crippen LogP contribution is 2.30. The zero-order valence-electron chi connectivity index (χ0n) is 10.2. The summed E-state index contributed by atoms with van der Waals surface area (Å²) in [7, 11) is 1.86. The van der Waals surface area contributed by atoms with Gasteiger partial charge in [-0.15, -0.1) is 0 Å². The molecule has 0 N–H and O–H groups in total. The summed E-state index contributed by atoms with van der Waals surface area (Å²) in [5.41, 5.74) is 0. The molecule has 1 unspecified atom stereocenters. The molecule has 1 atom stereocenters. The number of rotatable bonds is 1. The van der Waals surface area contributed by atoms with Crippen molar-refractivity contribution >= 4 is 6.09 Å². The van der Waals surface area contributed by atoms with Crippen molar-refractivity contribution in [2.24, 2.45) is 5.92 Å². The predicted molar refractivity (Wildman–Crippen MR) is 60.8 cm³/mol. The molecule has 1 aliphatic carbocycles. The van der Waals surface area contributed by atoms with E-state index in [-0.39, 0.29) is 6.09 Å². The van der Waals surface area contributed by atoms with Crippen molar-refractivity contribution in [2.75, 3.05) is 13.7 Å². The Morgan fingerprint density at radius 2 is 1.80 bits per heavy atom. The van der Waals surface area contributed by atoms with Crippen LogP contribution in [0.25, 0.3) is 0 Å². The first-order valence-electron chi connectivity index (χ1n) is 6.18. The molecule has 0 radical (unpaired) electrons. The predicted octanol–water partition coefficient (Wildman–Crippen LogP) is 3.04. The first-order valence-corrected chi connectivity index (χ1v) is 6.18. The number of ether oxygens (including phenoxy) is 1. The second-order valence-electron chi connectivity index (χ2n) is 4.15. The zero-order valence-corrected chi connectivity index (χ0v) is 10.2. The third-order valence-electron chi connectivity index (χ3n) is 3.36. The largest absolute Gasteiger partial charge is 0.447 e. The molecule has 2 aliphatic rings. The van der Waals surface area contributed by atoms with Gasteiger partial charge >= 0.3 is 6.09 Å². The van der Waals surface area contributed by atoms with Crippen molar-refractivity contribution in [1.82, 2.24) is 4.90 Å². The Labute approximate surface area is 92.8 Å². The van der Waals surface area contributed by atoms with Gasteiger partial charge in [-0.25, -0.2) is 4.79 Å². The minimum absolute atomic E-state index is 0.143. The minimum Gasteiger partial charge on any atom is -0.447 e. The first-order chi connectivity index (χ1) is 7.29. The summed E-state index contributed by atoms with van der Waals surface area (Å²) in [6, 6.07) is 0.354. The second-order valence-corrected chi connectivity index (χ2v) is 4.15. The summed E-state index contributed by atoms with van der Waals surface area (Å²) in [4.78, 5) is 12.9. The van der Waals surface area contributed by atoms with Crippen LogP contribution >= 0.6 is 0 Å². The Bertz CT molecular complexity index is 200. The van der Waals surface area contributed by atoms with Gasteiger partial charge in [-0.05, 0) is 18.8 Å². The molecule has 1 heterocycles. The smallest absolute Gasteiger partial charge is 0.409 e. The van der Waals surface area contributed by atoms with Gasteiger partial charge in [-0.2, -0.15) is 0 Å². The normalized spacial score (nSPS) is 27.0. The van der Waals surface area contributed by atoms with E-state index in [0.29, 0.717) is 18.6 Å². The summed E-state index contributed by atoms with van der Waals surface area (Å²) < 4.78 is 5.02. The number of hydrogen-bond donors (Lipinski definition) is 0. The van der Waals surface area contributed by atoms with Gasteiger partial charge in [-0.3, -0.25) is 0 Å². The van der Waals surface area contributed by atoms with Crippen molar-refractivity contribution in [3.8, 4) is 0 Å². The van der Waals surface area contributed by atoms with E-state index in [1.54, 1.807) is 4.90 Å². The molecule has 0 aromatic carbocycles. The van der Waals surface area contributed by atoms with E-state index in [2.05, 4.69) is 0 Å². The van der Waals surface area contributed by atoms with Crippen LogP contribution in [0.3, 0.4) is 0 Å². The van der Waals surface area contributed by atoms with Gasteiger partial charge in [0.2, 0.25) is 0 Å². The fraction of sp³-hybridized carbons (Fsp3) is 0.917. The van der Waals surface area contributed by atoms with Crippen molar-refractivity contribution in [1.29, 1.82) is 0 Å². The lowest BCUT2D eigenvalue weighted by atomic mass is 9.84. The van der Waals surface area contributed by atoms with Gasteiger partial charge in [0.15, 0.2) is 0 Å². The number of cyclic esters (lactones) is 1. The SMILES string of the molecule is CC.CN1C(=O)OCC1C1CCCCC1. The van der Waals surface area contributed by atoms with Gasteiger partial charge in [0, 0.05) is 7.05 Å². The van der Waals surface area contributed by atoms with Crippen LogP contribution in [0.2, 0.25) is 0 Å². The number of carbonyl (C=O) groups excluding carboxylic acids is 1. The topological polar surface area (TPSA) is 29.5 Å². The highest BCUT2D eigenvalue weighted by atomic mass is 16.6. The summed E-state index contributed by atoms with van der Waals surface area (Å²) in [6.07, 6.45) is 6.40. The zero-order chi connectivity index (χ0) is 11.3. The molecule has 1 aliphatic heterocycles. The fourth-order valence-electron chi connectivity index (χ4n) is 2.48. The quantitative estimate of drug-likeness (QED) is 0.670. The standard InChI is InChI=1S/C10H17NO2.C2H6/c1-11-9(7-13-10(11)12)8-5-3-2-4-6-8;1-2/h8-9H,2-7H2,1H3;1-2H3. The lowest BCUT2D eigenvalue weighted by molar-refractivity contribution is 0.162. The van der Waals surface area contributed by atoms with Crippen LogP contribution in [0.4, 0.5) is 4.79 Å². The average molecular weight is 213 g/mol. The third-order valence-corrected chi connectivity index (χ3v) is 3.36. The molecule has 0 aromatic heterocycles. The van der Waals surface area contributed by atoms with E-state index >= 15 is 0 Å². The van der Waals surface area contributed by atoms with E-state index in [9.17, 15) is 4.79 Å². The van der Waals surface area contributed by atoms with Crippen LogP contribution < -0.4 is 0 Å². The Morgan fingerprint density at radius 3 is 2.27 bits per heavy atom. The maximum atomic E-state index is 11.1. The molecular weight excluding hydrogens is 190 g/mol. The van der Waals surface area contributed by atoms with Crippen LogP contribution in [0.1, 0.15) is 46.0 Å². The highest BCUT2D eigenvalue weighted by Gasteiger charge is 2.35. The molecule has 15 heavy (non-hydrogen) atoms. The molecule has 2 rings (SSSR count). The van der Waals surface area contributed by atoms with E-state index in [0.717, 1.165) is 0 Å². The molecule has 1 saturated carbocycles. The highest BCUT2D eigenvalue weighted by molar-refractivity contribution is 5.69. The molecular formula is C12H23NO2. The minimum atomic E-state index is -0.143. The number of amides is 1. The van der Waals surface area contributed by atoms with Crippen LogP contribution in [-0.2, 0) is 4.74 Å². The Hall–Kier alpha value is -0.730. The molecule has 0 aromatic rings. The molecule has 3 heteroatoms.